The fourth-order valence-electron chi connectivity index (χ4n) is 6.33. The maximum Gasteiger partial charge on any atom is 0.206 e. The molecule has 5 aliphatic carbocycles. The molecule has 0 aromatic heterocycles. The molecule has 5 rings (SSSR count). The molecule has 2 atom stereocenters. The van der Waals surface area contributed by atoms with Gasteiger partial charge in [0.25, 0.3) is 0 Å². The first kappa shape index (κ1) is 12.9. The topological polar surface area (TPSA) is 62.4 Å². The SMILES string of the molecule is CC12CC3CC(C)(C1)CC(NC(=NC1CC1)NN)(C3)C2. The van der Waals surface area contributed by atoms with Crippen molar-refractivity contribution in [2.24, 2.45) is 27.6 Å². The van der Waals surface area contributed by atoms with Gasteiger partial charge < -0.3 is 5.32 Å². The van der Waals surface area contributed by atoms with E-state index in [1.54, 1.807) is 0 Å². The summed E-state index contributed by atoms with van der Waals surface area (Å²) in [4.78, 5) is 4.70. The molecule has 0 heterocycles. The molecule has 0 spiro atoms. The summed E-state index contributed by atoms with van der Waals surface area (Å²) in [6, 6.07) is 0.508. The Kier molecular flexibility index (Phi) is 2.52. The molecule has 0 aromatic rings. The van der Waals surface area contributed by atoms with Crippen LogP contribution in [0.4, 0.5) is 0 Å². The van der Waals surface area contributed by atoms with Gasteiger partial charge in [-0.05, 0) is 68.1 Å². The van der Waals surface area contributed by atoms with Gasteiger partial charge in [0, 0.05) is 5.54 Å². The molecule has 2 unspecified atom stereocenters. The fraction of sp³-hybridized carbons (Fsp3) is 0.938. The molecule has 0 amide bonds. The molecule has 0 saturated heterocycles. The van der Waals surface area contributed by atoms with E-state index in [1.165, 1.54) is 51.4 Å². The lowest BCUT2D eigenvalue weighted by Crippen LogP contribution is -2.66. The summed E-state index contributed by atoms with van der Waals surface area (Å²) in [6.07, 6.45) is 10.6. The van der Waals surface area contributed by atoms with Crippen LogP contribution in [-0.2, 0) is 0 Å². The van der Waals surface area contributed by atoms with E-state index in [4.69, 9.17) is 10.8 Å². The van der Waals surface area contributed by atoms with E-state index < -0.39 is 0 Å². The van der Waals surface area contributed by atoms with E-state index in [1.807, 2.05) is 0 Å². The van der Waals surface area contributed by atoms with Crippen molar-refractivity contribution in [1.82, 2.24) is 10.7 Å². The number of hydrazine groups is 1. The molecular formula is C16H28N4. The van der Waals surface area contributed by atoms with Crippen LogP contribution in [0.3, 0.4) is 0 Å². The van der Waals surface area contributed by atoms with Gasteiger partial charge in [-0.2, -0.15) is 0 Å². The highest BCUT2D eigenvalue weighted by Gasteiger charge is 2.60. The number of hydrogen-bond acceptors (Lipinski definition) is 2. The third kappa shape index (κ3) is 2.12. The maximum atomic E-state index is 5.70. The minimum atomic E-state index is 0.239. The van der Waals surface area contributed by atoms with Gasteiger partial charge in [0.1, 0.15) is 0 Å². The van der Waals surface area contributed by atoms with E-state index in [2.05, 4.69) is 24.6 Å². The second-order valence-corrected chi connectivity index (χ2v) is 8.89. The van der Waals surface area contributed by atoms with Gasteiger partial charge >= 0.3 is 0 Å². The fourth-order valence-corrected chi connectivity index (χ4v) is 6.33. The van der Waals surface area contributed by atoms with E-state index in [0.29, 0.717) is 16.9 Å². The second kappa shape index (κ2) is 3.90. The summed E-state index contributed by atoms with van der Waals surface area (Å²) < 4.78 is 0. The highest BCUT2D eigenvalue weighted by atomic mass is 15.4. The molecule has 4 heteroatoms. The average molecular weight is 276 g/mol. The largest absolute Gasteiger partial charge is 0.350 e. The molecule has 0 radical (unpaired) electrons. The molecule has 0 aromatic carbocycles. The normalized spacial score (nSPS) is 50.4. The maximum absolute atomic E-state index is 5.70. The minimum absolute atomic E-state index is 0.239. The van der Waals surface area contributed by atoms with Crippen LogP contribution in [0.1, 0.15) is 65.2 Å². The minimum Gasteiger partial charge on any atom is -0.350 e. The van der Waals surface area contributed by atoms with E-state index in [9.17, 15) is 0 Å². The molecule has 5 aliphatic rings. The summed E-state index contributed by atoms with van der Waals surface area (Å²) in [5.41, 5.74) is 4.11. The number of rotatable bonds is 2. The van der Waals surface area contributed by atoms with Crippen LogP contribution in [0.5, 0.6) is 0 Å². The van der Waals surface area contributed by atoms with Crippen molar-refractivity contribution in [2.75, 3.05) is 0 Å². The Morgan fingerprint density at radius 3 is 2.20 bits per heavy atom. The van der Waals surface area contributed by atoms with Crippen molar-refractivity contribution in [3.63, 3.8) is 0 Å². The second-order valence-electron chi connectivity index (χ2n) is 8.89. The lowest BCUT2D eigenvalue weighted by molar-refractivity contribution is -0.112. The number of hydrogen-bond donors (Lipinski definition) is 3. The van der Waals surface area contributed by atoms with Gasteiger partial charge in [0.15, 0.2) is 0 Å². The molecule has 0 aliphatic heterocycles. The molecule has 112 valence electrons. The molecule has 20 heavy (non-hydrogen) atoms. The molecule has 5 fully saturated rings. The van der Waals surface area contributed by atoms with Gasteiger partial charge in [-0.25, -0.2) is 10.8 Å². The Bertz CT molecular complexity index is 435. The smallest absolute Gasteiger partial charge is 0.206 e. The molecule has 4 bridgehead atoms. The summed E-state index contributed by atoms with van der Waals surface area (Å²) in [5, 5.41) is 3.75. The third-order valence-corrected chi connectivity index (χ3v) is 6.01. The third-order valence-electron chi connectivity index (χ3n) is 6.01. The number of nitrogens with one attached hydrogen (secondary N) is 2. The van der Waals surface area contributed by atoms with Crippen LogP contribution in [0.25, 0.3) is 0 Å². The van der Waals surface area contributed by atoms with Crippen molar-refractivity contribution in [3.05, 3.63) is 0 Å². The van der Waals surface area contributed by atoms with E-state index in [0.717, 1.165) is 11.9 Å². The predicted molar refractivity (Wildman–Crippen MR) is 81.1 cm³/mol. The zero-order valence-corrected chi connectivity index (χ0v) is 12.8. The van der Waals surface area contributed by atoms with Crippen molar-refractivity contribution in [1.29, 1.82) is 0 Å². The zero-order chi connectivity index (χ0) is 14.0. The lowest BCUT2D eigenvalue weighted by atomic mass is 9.43. The quantitative estimate of drug-likeness (QED) is 0.314. The van der Waals surface area contributed by atoms with Crippen LogP contribution in [0, 0.1) is 16.7 Å². The summed E-state index contributed by atoms with van der Waals surface area (Å²) in [6.45, 7) is 5.00. The molecule has 5 saturated carbocycles. The predicted octanol–water partition coefficient (Wildman–Crippen LogP) is 2.31. The van der Waals surface area contributed by atoms with Crippen LogP contribution in [0.15, 0.2) is 4.99 Å². The van der Waals surface area contributed by atoms with Gasteiger partial charge in [0.05, 0.1) is 6.04 Å². The Hall–Kier alpha value is -0.770. The van der Waals surface area contributed by atoms with Crippen LogP contribution >= 0.6 is 0 Å². The van der Waals surface area contributed by atoms with Crippen molar-refractivity contribution >= 4 is 5.96 Å². The number of guanidine groups is 1. The van der Waals surface area contributed by atoms with Crippen molar-refractivity contribution in [3.8, 4) is 0 Å². The average Bonchev–Trinajstić information content (AvgIpc) is 3.06. The van der Waals surface area contributed by atoms with Gasteiger partial charge in [0.2, 0.25) is 5.96 Å². The first-order valence-electron chi connectivity index (χ1n) is 8.24. The van der Waals surface area contributed by atoms with Crippen LogP contribution in [-0.4, -0.2) is 17.5 Å². The van der Waals surface area contributed by atoms with E-state index in [-0.39, 0.29) is 5.54 Å². The highest BCUT2D eigenvalue weighted by Crippen LogP contribution is 2.66. The molecule has 4 nitrogen and oxygen atoms in total. The first-order valence-corrected chi connectivity index (χ1v) is 8.24. The Balaban J connectivity index is 1.60. The molecular weight excluding hydrogens is 248 g/mol. The Labute approximate surface area is 121 Å². The Morgan fingerprint density at radius 1 is 1.05 bits per heavy atom. The van der Waals surface area contributed by atoms with Crippen LogP contribution < -0.4 is 16.6 Å². The standard InChI is InChI=1S/C16H28N4/c1-14-5-11-6-15(2,8-14)10-16(7-11,9-14)19-13(20-17)18-12-3-4-12/h11-12H,3-10,17H2,1-2H3,(H2,18,19,20). The summed E-state index contributed by atoms with van der Waals surface area (Å²) in [7, 11) is 0. The van der Waals surface area contributed by atoms with Gasteiger partial charge in [-0.15, -0.1) is 0 Å². The van der Waals surface area contributed by atoms with Crippen molar-refractivity contribution in [2.45, 2.75) is 76.8 Å². The number of nitrogens with zero attached hydrogens (tertiary/aromatic N) is 1. The van der Waals surface area contributed by atoms with Gasteiger partial charge in [-0.1, -0.05) is 13.8 Å². The summed E-state index contributed by atoms with van der Waals surface area (Å²) >= 11 is 0. The zero-order valence-electron chi connectivity index (χ0n) is 12.8. The monoisotopic (exact) mass is 276 g/mol. The Morgan fingerprint density at radius 2 is 1.70 bits per heavy atom. The lowest BCUT2D eigenvalue weighted by Gasteiger charge is -2.65. The van der Waals surface area contributed by atoms with Crippen LogP contribution in [0.2, 0.25) is 0 Å². The molecule has 4 N–H and O–H groups in total. The van der Waals surface area contributed by atoms with Gasteiger partial charge in [-0.3, -0.25) is 5.43 Å². The first-order chi connectivity index (χ1) is 9.42. The summed E-state index contributed by atoms with van der Waals surface area (Å²) in [5.74, 6) is 7.43. The number of aliphatic imine (C=N–C) groups is 1. The van der Waals surface area contributed by atoms with E-state index >= 15 is 0 Å². The van der Waals surface area contributed by atoms with Crippen molar-refractivity contribution < 1.29 is 0 Å². The highest BCUT2D eigenvalue weighted by molar-refractivity contribution is 5.80. The number of nitrogens with two attached hydrogens (primary N) is 1.